The highest BCUT2D eigenvalue weighted by atomic mass is 16.4. The summed E-state index contributed by atoms with van der Waals surface area (Å²) >= 11 is 0. The van der Waals surface area contributed by atoms with Crippen molar-refractivity contribution in [2.45, 2.75) is 57.5 Å². The second-order valence-corrected chi connectivity index (χ2v) is 9.03. The molecule has 8 nitrogen and oxygen atoms in total. The van der Waals surface area contributed by atoms with E-state index in [4.69, 9.17) is 4.42 Å². The van der Waals surface area contributed by atoms with Gasteiger partial charge in [-0.25, -0.2) is 0 Å². The molecule has 0 saturated carbocycles. The summed E-state index contributed by atoms with van der Waals surface area (Å²) in [4.78, 5) is 28.5. The van der Waals surface area contributed by atoms with Gasteiger partial charge in [0.25, 0.3) is 5.56 Å². The van der Waals surface area contributed by atoms with Gasteiger partial charge in [0.1, 0.15) is 6.04 Å². The highest BCUT2D eigenvalue weighted by Crippen LogP contribution is 2.41. The monoisotopic (exact) mass is 423 g/mol. The van der Waals surface area contributed by atoms with Gasteiger partial charge in [0, 0.05) is 50.2 Å². The number of amides is 1. The van der Waals surface area contributed by atoms with Crippen LogP contribution in [0.2, 0.25) is 0 Å². The summed E-state index contributed by atoms with van der Waals surface area (Å²) in [5.74, 6) is 1.36. The Kier molecular flexibility index (Phi) is 5.48. The molecule has 1 amide bonds. The van der Waals surface area contributed by atoms with Crippen LogP contribution in [0.5, 0.6) is 0 Å². The number of hydrogen-bond donors (Lipinski definition) is 1. The maximum atomic E-state index is 13.4. The summed E-state index contributed by atoms with van der Waals surface area (Å²) in [5.41, 5.74) is 2.16. The van der Waals surface area contributed by atoms with Gasteiger partial charge in [-0.15, -0.1) is 10.2 Å². The van der Waals surface area contributed by atoms with E-state index in [1.165, 1.54) is 18.4 Å². The molecule has 1 fully saturated rings. The van der Waals surface area contributed by atoms with Crippen molar-refractivity contribution in [1.29, 1.82) is 0 Å². The minimum Gasteiger partial charge on any atom is -0.424 e. The number of likely N-dealkylation sites (tertiary alicyclic amines) is 1. The summed E-state index contributed by atoms with van der Waals surface area (Å²) in [5, 5.41) is 11.2. The summed E-state index contributed by atoms with van der Waals surface area (Å²) in [6.07, 6.45) is 7.69. The number of fused-ring (bicyclic) bond motifs is 4. The SMILES string of the molecule is Cc1nnc(CN2C[C@H]3C[C@@H](C2)[C@H](C(=O)NCC2=CCCCC2)n2c3cccc2=O)o1. The number of piperidine rings is 1. The molecule has 5 rings (SSSR count). The third kappa shape index (κ3) is 4.08. The fourth-order valence-corrected chi connectivity index (χ4v) is 5.46. The van der Waals surface area contributed by atoms with Crippen molar-refractivity contribution in [3.63, 3.8) is 0 Å². The first kappa shape index (κ1) is 20.2. The Balaban J connectivity index is 1.40. The van der Waals surface area contributed by atoms with E-state index in [9.17, 15) is 9.59 Å². The molecule has 164 valence electrons. The van der Waals surface area contributed by atoms with Crippen LogP contribution in [-0.4, -0.2) is 45.2 Å². The maximum Gasteiger partial charge on any atom is 0.251 e. The second-order valence-electron chi connectivity index (χ2n) is 9.03. The molecule has 3 atom stereocenters. The Morgan fingerprint density at radius 3 is 2.94 bits per heavy atom. The van der Waals surface area contributed by atoms with Crippen molar-refractivity contribution in [3.8, 4) is 0 Å². The van der Waals surface area contributed by atoms with Crippen molar-refractivity contribution in [1.82, 2.24) is 25.0 Å². The van der Waals surface area contributed by atoms with Crippen LogP contribution in [0.3, 0.4) is 0 Å². The minimum atomic E-state index is -0.489. The molecule has 2 aliphatic heterocycles. The van der Waals surface area contributed by atoms with Crippen LogP contribution in [0, 0.1) is 12.8 Å². The van der Waals surface area contributed by atoms with Crippen LogP contribution in [0.4, 0.5) is 0 Å². The molecule has 0 aromatic carbocycles. The van der Waals surface area contributed by atoms with E-state index in [1.54, 1.807) is 23.6 Å². The van der Waals surface area contributed by atoms with E-state index >= 15 is 0 Å². The predicted molar refractivity (Wildman–Crippen MR) is 114 cm³/mol. The molecular formula is C23H29N5O3. The molecule has 0 radical (unpaired) electrons. The lowest BCUT2D eigenvalue weighted by atomic mass is 9.78. The zero-order valence-corrected chi connectivity index (χ0v) is 17.9. The number of aryl methyl sites for hydroxylation is 1. The maximum absolute atomic E-state index is 13.4. The van der Waals surface area contributed by atoms with E-state index in [0.29, 0.717) is 24.9 Å². The molecule has 31 heavy (non-hydrogen) atoms. The van der Waals surface area contributed by atoms with Gasteiger partial charge >= 0.3 is 0 Å². The first-order chi connectivity index (χ1) is 15.1. The smallest absolute Gasteiger partial charge is 0.251 e. The largest absolute Gasteiger partial charge is 0.424 e. The van der Waals surface area contributed by atoms with Gasteiger partial charge < -0.3 is 9.73 Å². The molecular weight excluding hydrogens is 394 g/mol. The number of pyridine rings is 1. The van der Waals surface area contributed by atoms with Gasteiger partial charge in [-0.2, -0.15) is 0 Å². The molecule has 0 unspecified atom stereocenters. The topological polar surface area (TPSA) is 93.3 Å². The van der Waals surface area contributed by atoms with Crippen LogP contribution in [0.1, 0.15) is 61.5 Å². The molecule has 2 bridgehead atoms. The van der Waals surface area contributed by atoms with Crippen molar-refractivity contribution in [2.24, 2.45) is 5.92 Å². The Morgan fingerprint density at radius 1 is 1.26 bits per heavy atom. The average molecular weight is 424 g/mol. The Hall–Kier alpha value is -2.74. The number of carbonyl (C=O) groups excluding carboxylic acids is 1. The minimum absolute atomic E-state index is 0.0556. The third-order valence-electron chi connectivity index (χ3n) is 6.79. The van der Waals surface area contributed by atoms with Gasteiger partial charge in [0.05, 0.1) is 6.54 Å². The first-order valence-electron chi connectivity index (χ1n) is 11.3. The van der Waals surface area contributed by atoms with Gasteiger partial charge in [-0.3, -0.25) is 19.1 Å². The first-order valence-corrected chi connectivity index (χ1v) is 11.3. The van der Waals surface area contributed by atoms with Crippen LogP contribution >= 0.6 is 0 Å². The van der Waals surface area contributed by atoms with E-state index < -0.39 is 6.04 Å². The number of hydrogen-bond acceptors (Lipinski definition) is 6. The van der Waals surface area contributed by atoms with E-state index in [1.807, 2.05) is 6.07 Å². The van der Waals surface area contributed by atoms with Crippen LogP contribution in [-0.2, 0) is 11.3 Å². The lowest BCUT2D eigenvalue weighted by molar-refractivity contribution is -0.127. The zero-order chi connectivity index (χ0) is 21.4. The summed E-state index contributed by atoms with van der Waals surface area (Å²) in [6, 6.07) is 4.87. The normalized spacial score (nSPS) is 25.6. The average Bonchev–Trinajstić information content (AvgIpc) is 3.18. The van der Waals surface area contributed by atoms with Gasteiger partial charge in [0.15, 0.2) is 0 Å². The van der Waals surface area contributed by atoms with E-state index in [2.05, 4.69) is 26.5 Å². The zero-order valence-electron chi connectivity index (χ0n) is 17.9. The quantitative estimate of drug-likeness (QED) is 0.742. The van der Waals surface area contributed by atoms with Gasteiger partial charge in [-0.1, -0.05) is 17.7 Å². The molecule has 1 saturated heterocycles. The highest BCUT2D eigenvalue weighted by molar-refractivity contribution is 5.81. The number of aromatic nitrogens is 3. The Labute approximate surface area is 181 Å². The lowest BCUT2D eigenvalue weighted by Crippen LogP contribution is -2.53. The number of nitrogens with one attached hydrogen (secondary N) is 1. The number of carbonyl (C=O) groups is 1. The molecule has 2 aromatic rings. The van der Waals surface area contributed by atoms with E-state index in [-0.39, 0.29) is 23.3 Å². The number of allylic oxidation sites excluding steroid dienone is 1. The van der Waals surface area contributed by atoms with Crippen LogP contribution in [0.15, 0.2) is 39.1 Å². The van der Waals surface area contributed by atoms with Crippen molar-refractivity contribution in [3.05, 3.63) is 57.7 Å². The number of nitrogens with zero attached hydrogens (tertiary/aromatic N) is 4. The van der Waals surface area contributed by atoms with Crippen LogP contribution in [0.25, 0.3) is 0 Å². The van der Waals surface area contributed by atoms with E-state index in [0.717, 1.165) is 38.0 Å². The summed E-state index contributed by atoms with van der Waals surface area (Å²) in [6.45, 7) is 4.45. The van der Waals surface area contributed by atoms with Crippen molar-refractivity contribution < 1.29 is 9.21 Å². The molecule has 3 aliphatic rings. The van der Waals surface area contributed by atoms with Crippen molar-refractivity contribution >= 4 is 5.91 Å². The molecule has 0 spiro atoms. The van der Waals surface area contributed by atoms with Crippen LogP contribution < -0.4 is 10.9 Å². The second kappa shape index (κ2) is 8.42. The number of rotatable bonds is 5. The summed E-state index contributed by atoms with van der Waals surface area (Å²) < 4.78 is 7.32. The fourth-order valence-electron chi connectivity index (χ4n) is 5.46. The standard InChI is InChI=1S/C23H29N5O3/c1-15-25-26-20(31-15)14-27-12-17-10-18(13-27)22(28-19(17)8-5-9-21(28)29)23(30)24-11-16-6-3-2-4-7-16/h5-6,8-9,17-18,22H,2-4,7,10-14H2,1H3,(H,24,30)/t17-,18+,22-/m1/s1. The Bertz CT molecular complexity index is 1060. The third-order valence-corrected chi connectivity index (χ3v) is 6.79. The molecule has 2 aromatic heterocycles. The lowest BCUT2D eigenvalue weighted by Gasteiger charge is -2.46. The Morgan fingerprint density at radius 2 is 2.16 bits per heavy atom. The molecule has 1 N–H and O–H groups in total. The fraction of sp³-hybridized carbons (Fsp3) is 0.565. The highest BCUT2D eigenvalue weighted by Gasteiger charge is 2.43. The molecule has 4 heterocycles. The predicted octanol–water partition coefficient (Wildman–Crippen LogP) is 2.32. The summed E-state index contributed by atoms with van der Waals surface area (Å²) in [7, 11) is 0. The van der Waals surface area contributed by atoms with Crippen molar-refractivity contribution in [2.75, 3.05) is 19.6 Å². The van der Waals surface area contributed by atoms with Gasteiger partial charge in [-0.05, 0) is 38.2 Å². The van der Waals surface area contributed by atoms with Gasteiger partial charge in [0.2, 0.25) is 17.7 Å². The molecule has 8 heteroatoms. The molecule has 1 aliphatic carbocycles.